The van der Waals surface area contributed by atoms with Gasteiger partial charge in [0.15, 0.2) is 0 Å². The Morgan fingerprint density at radius 3 is 2.79 bits per heavy atom. The molecule has 2 aromatic rings. The van der Waals surface area contributed by atoms with Crippen LogP contribution in [0.4, 0.5) is 0 Å². The molecule has 1 saturated heterocycles. The van der Waals surface area contributed by atoms with Gasteiger partial charge in [-0.2, -0.15) is 0 Å². The molecule has 1 saturated carbocycles. The van der Waals surface area contributed by atoms with E-state index in [4.69, 9.17) is 9.47 Å². The van der Waals surface area contributed by atoms with Crippen molar-refractivity contribution in [3.8, 4) is 11.3 Å². The van der Waals surface area contributed by atoms with Crippen LogP contribution in [0.5, 0.6) is 0 Å². The predicted octanol–water partition coefficient (Wildman–Crippen LogP) is 3.76. The second-order valence-electron chi connectivity index (χ2n) is 7.74. The molecule has 2 aliphatic rings. The summed E-state index contributed by atoms with van der Waals surface area (Å²) in [4.78, 5) is 17.6. The average molecular weight is 380 g/mol. The summed E-state index contributed by atoms with van der Waals surface area (Å²) in [5.74, 6) is -0.0129. The summed E-state index contributed by atoms with van der Waals surface area (Å²) in [6, 6.07) is 11.8. The molecule has 1 aromatic carbocycles. The molecular weight excluding hydrogens is 352 g/mol. The molecule has 2 fully saturated rings. The molecule has 0 bridgehead atoms. The minimum atomic E-state index is -0.0129. The molecule has 5 nitrogen and oxygen atoms in total. The Morgan fingerprint density at radius 2 is 2.07 bits per heavy atom. The van der Waals surface area contributed by atoms with Crippen molar-refractivity contribution in [3.05, 3.63) is 53.7 Å². The molecule has 1 N–H and O–H groups in total. The van der Waals surface area contributed by atoms with Gasteiger partial charge in [0.25, 0.3) is 5.91 Å². The van der Waals surface area contributed by atoms with Crippen molar-refractivity contribution in [3.63, 3.8) is 0 Å². The van der Waals surface area contributed by atoms with Crippen molar-refractivity contribution in [2.75, 3.05) is 19.8 Å². The van der Waals surface area contributed by atoms with Crippen LogP contribution in [0.15, 0.2) is 42.6 Å². The van der Waals surface area contributed by atoms with E-state index in [1.54, 1.807) is 6.20 Å². The quantitative estimate of drug-likeness (QED) is 0.858. The highest BCUT2D eigenvalue weighted by Crippen LogP contribution is 2.50. The van der Waals surface area contributed by atoms with Crippen LogP contribution in [0.1, 0.15) is 42.1 Å². The van der Waals surface area contributed by atoms with Crippen molar-refractivity contribution < 1.29 is 14.3 Å². The first-order chi connectivity index (χ1) is 13.7. The molecule has 0 unspecified atom stereocenters. The van der Waals surface area contributed by atoms with E-state index in [1.807, 2.05) is 50.2 Å². The van der Waals surface area contributed by atoms with Gasteiger partial charge in [0.05, 0.1) is 11.8 Å². The van der Waals surface area contributed by atoms with Crippen molar-refractivity contribution in [2.24, 2.45) is 5.41 Å². The van der Waals surface area contributed by atoms with Gasteiger partial charge < -0.3 is 14.8 Å². The normalized spacial score (nSPS) is 23.2. The van der Waals surface area contributed by atoms with E-state index in [-0.39, 0.29) is 23.5 Å². The van der Waals surface area contributed by atoms with Crippen molar-refractivity contribution >= 4 is 5.91 Å². The number of ether oxygens (including phenoxy) is 2. The highest BCUT2D eigenvalue weighted by molar-refractivity contribution is 5.97. The first-order valence-corrected chi connectivity index (χ1v) is 10.2. The number of hydrogen-bond donors (Lipinski definition) is 1. The second-order valence-corrected chi connectivity index (χ2v) is 7.74. The molecule has 2 heterocycles. The number of carbonyl (C=O) groups is 1. The zero-order chi connectivity index (χ0) is 19.6. The Labute approximate surface area is 166 Å². The zero-order valence-corrected chi connectivity index (χ0v) is 16.6. The molecule has 1 spiro atoms. The number of nitrogens with one attached hydrogen (secondary N) is 1. The summed E-state index contributed by atoms with van der Waals surface area (Å²) < 4.78 is 11.5. The predicted molar refractivity (Wildman–Crippen MR) is 108 cm³/mol. The van der Waals surface area contributed by atoms with Gasteiger partial charge in [-0.25, -0.2) is 0 Å². The molecule has 5 heteroatoms. The van der Waals surface area contributed by atoms with E-state index in [0.29, 0.717) is 12.2 Å². The fourth-order valence-electron chi connectivity index (χ4n) is 4.72. The fraction of sp³-hybridized carbons (Fsp3) is 0.478. The Hall–Kier alpha value is -2.24. The Bertz CT molecular complexity index is 831. The zero-order valence-electron chi connectivity index (χ0n) is 16.6. The molecule has 1 amide bonds. The molecule has 4 rings (SSSR count). The summed E-state index contributed by atoms with van der Waals surface area (Å²) in [6.45, 7) is 6.21. The van der Waals surface area contributed by atoms with Gasteiger partial charge in [-0.3, -0.25) is 9.78 Å². The largest absolute Gasteiger partial charge is 0.381 e. The lowest BCUT2D eigenvalue weighted by molar-refractivity contribution is -0.170. The fourth-order valence-corrected chi connectivity index (χ4v) is 4.72. The Kier molecular flexibility index (Phi) is 5.47. The SMILES string of the molecule is CCO[C@@H]1C[C@@H](NC(=O)c2cccc(-c3ccccn3)c2C)C12CCOCC2. The van der Waals surface area contributed by atoms with Gasteiger partial charge >= 0.3 is 0 Å². The lowest BCUT2D eigenvalue weighted by Crippen LogP contribution is -2.66. The van der Waals surface area contributed by atoms with Gasteiger partial charge in [0, 0.05) is 48.6 Å². The van der Waals surface area contributed by atoms with Gasteiger partial charge in [-0.1, -0.05) is 18.2 Å². The van der Waals surface area contributed by atoms with Gasteiger partial charge in [-0.15, -0.1) is 0 Å². The second kappa shape index (κ2) is 8.02. The maximum atomic E-state index is 13.1. The topological polar surface area (TPSA) is 60.5 Å². The molecule has 28 heavy (non-hydrogen) atoms. The minimum Gasteiger partial charge on any atom is -0.381 e. The summed E-state index contributed by atoms with van der Waals surface area (Å²) in [5, 5.41) is 3.31. The van der Waals surface area contributed by atoms with Crippen LogP contribution < -0.4 is 5.32 Å². The van der Waals surface area contributed by atoms with Crippen molar-refractivity contribution in [1.82, 2.24) is 10.3 Å². The number of carbonyl (C=O) groups excluding carboxylic acids is 1. The monoisotopic (exact) mass is 380 g/mol. The maximum Gasteiger partial charge on any atom is 0.251 e. The standard InChI is InChI=1S/C23H28N2O3/c1-3-28-21-15-20(23(21)10-13-27-14-11-23)25-22(26)18-8-6-7-17(16(18)2)19-9-4-5-12-24-19/h4-9,12,20-21H,3,10-11,13-15H2,1-2H3,(H,25,26)/t20-,21-/m1/s1. The van der Waals surface area contributed by atoms with Crippen LogP contribution in [0, 0.1) is 12.3 Å². The van der Waals surface area contributed by atoms with E-state index < -0.39 is 0 Å². The number of pyridine rings is 1. The molecule has 1 aliphatic heterocycles. The smallest absolute Gasteiger partial charge is 0.251 e. The number of hydrogen-bond acceptors (Lipinski definition) is 4. The summed E-state index contributed by atoms with van der Waals surface area (Å²) >= 11 is 0. The molecule has 1 aromatic heterocycles. The molecule has 148 valence electrons. The van der Waals surface area contributed by atoms with Crippen LogP contribution in [0.2, 0.25) is 0 Å². The number of benzene rings is 1. The van der Waals surface area contributed by atoms with E-state index in [9.17, 15) is 4.79 Å². The van der Waals surface area contributed by atoms with Crippen molar-refractivity contribution in [1.29, 1.82) is 0 Å². The molecule has 1 aliphatic carbocycles. The lowest BCUT2D eigenvalue weighted by atomic mass is 9.57. The lowest BCUT2D eigenvalue weighted by Gasteiger charge is -2.57. The number of aromatic nitrogens is 1. The molecule has 2 atom stereocenters. The average Bonchev–Trinajstić information content (AvgIpc) is 2.74. The van der Waals surface area contributed by atoms with E-state index in [2.05, 4.69) is 10.3 Å². The van der Waals surface area contributed by atoms with Gasteiger partial charge in [0.2, 0.25) is 0 Å². The first kappa shape index (κ1) is 19.1. The number of nitrogens with zero attached hydrogens (tertiary/aromatic N) is 1. The van der Waals surface area contributed by atoms with Crippen LogP contribution in [0.25, 0.3) is 11.3 Å². The first-order valence-electron chi connectivity index (χ1n) is 10.2. The summed E-state index contributed by atoms with van der Waals surface area (Å²) in [6.07, 6.45) is 4.75. The van der Waals surface area contributed by atoms with Crippen molar-refractivity contribution in [2.45, 2.75) is 45.3 Å². The summed E-state index contributed by atoms with van der Waals surface area (Å²) in [7, 11) is 0. The Morgan fingerprint density at radius 1 is 1.25 bits per heavy atom. The van der Waals surface area contributed by atoms with Gasteiger partial charge in [-0.05, 0) is 56.9 Å². The third kappa shape index (κ3) is 3.33. The minimum absolute atomic E-state index is 0.0103. The van der Waals surface area contributed by atoms with Crippen LogP contribution in [0.3, 0.4) is 0 Å². The van der Waals surface area contributed by atoms with Crippen LogP contribution in [-0.4, -0.2) is 42.9 Å². The molecular formula is C23H28N2O3. The highest BCUT2D eigenvalue weighted by Gasteiger charge is 2.56. The number of amides is 1. The number of rotatable bonds is 5. The maximum absolute atomic E-state index is 13.1. The third-order valence-corrected chi connectivity index (χ3v) is 6.40. The summed E-state index contributed by atoms with van der Waals surface area (Å²) in [5.41, 5.74) is 3.56. The van der Waals surface area contributed by atoms with E-state index in [0.717, 1.165) is 49.3 Å². The third-order valence-electron chi connectivity index (χ3n) is 6.40. The Balaban J connectivity index is 1.54. The van der Waals surface area contributed by atoms with Gasteiger partial charge in [0.1, 0.15) is 0 Å². The van der Waals surface area contributed by atoms with Crippen LogP contribution >= 0.6 is 0 Å². The van der Waals surface area contributed by atoms with E-state index in [1.165, 1.54) is 0 Å². The van der Waals surface area contributed by atoms with E-state index >= 15 is 0 Å². The highest BCUT2D eigenvalue weighted by atomic mass is 16.5. The molecule has 0 radical (unpaired) electrons. The van der Waals surface area contributed by atoms with Crippen LogP contribution in [-0.2, 0) is 9.47 Å².